The maximum absolute atomic E-state index is 12.7. The van der Waals surface area contributed by atoms with Crippen LogP contribution in [0.1, 0.15) is 47.6 Å². The van der Waals surface area contributed by atoms with Gasteiger partial charge in [0.2, 0.25) is 0 Å². The quantitative estimate of drug-likeness (QED) is 0.195. The molecule has 2 aromatic heterocycles. The van der Waals surface area contributed by atoms with E-state index in [2.05, 4.69) is 102 Å². The first-order valence-corrected chi connectivity index (χ1v) is 16.1. The molecule has 4 rings (SSSR count). The average Bonchev–Trinajstić information content (AvgIpc) is 3.22. The molecule has 0 aliphatic rings. The number of nitrogens with zero attached hydrogens (tertiary/aromatic N) is 3. The Morgan fingerprint density at radius 1 is 0.949 bits per heavy atom. The van der Waals surface area contributed by atoms with Crippen LogP contribution in [0.5, 0.6) is 0 Å². The molecule has 0 bridgehead atoms. The third kappa shape index (κ3) is 6.53. The lowest BCUT2D eigenvalue weighted by Gasteiger charge is -2.43. The molecule has 9 heteroatoms. The maximum Gasteiger partial charge on any atom is 0.407 e. The van der Waals surface area contributed by atoms with Gasteiger partial charge in [-0.3, -0.25) is 0 Å². The number of ether oxygens (including phenoxy) is 1. The topological polar surface area (TPSA) is 78.3 Å². The van der Waals surface area contributed by atoms with E-state index in [4.69, 9.17) is 14.3 Å². The van der Waals surface area contributed by atoms with E-state index in [9.17, 15) is 4.79 Å². The molecule has 0 spiro atoms. The van der Waals surface area contributed by atoms with Gasteiger partial charge in [0.1, 0.15) is 9.30 Å². The Bertz CT molecular complexity index is 1360. The SMILES string of the molecule is CC(C)(C)OC(=O)NCC(CO[Si](c1ccccc1)(c1ccccc1)C(C)(C)C)n1nc(I)c2cccnc21. The van der Waals surface area contributed by atoms with Crippen LogP contribution in [0.2, 0.25) is 5.04 Å². The van der Waals surface area contributed by atoms with E-state index in [0.717, 1.165) is 14.7 Å². The number of rotatable bonds is 8. The van der Waals surface area contributed by atoms with Crippen LogP contribution in [0.4, 0.5) is 4.79 Å². The zero-order valence-corrected chi connectivity index (χ0v) is 26.6. The predicted octanol–water partition coefficient (Wildman–Crippen LogP) is 5.68. The van der Waals surface area contributed by atoms with Gasteiger partial charge in [-0.1, -0.05) is 81.4 Å². The summed E-state index contributed by atoms with van der Waals surface area (Å²) in [7, 11) is -2.81. The van der Waals surface area contributed by atoms with Gasteiger partial charge in [-0.15, -0.1) is 0 Å². The lowest BCUT2D eigenvalue weighted by Crippen LogP contribution is -2.67. The van der Waals surface area contributed by atoms with Crippen LogP contribution in [0.25, 0.3) is 11.0 Å². The molecule has 0 saturated carbocycles. The van der Waals surface area contributed by atoms with Gasteiger partial charge in [-0.25, -0.2) is 14.5 Å². The van der Waals surface area contributed by atoms with Gasteiger partial charge in [0.05, 0.1) is 18.0 Å². The summed E-state index contributed by atoms with van der Waals surface area (Å²) in [4.78, 5) is 17.3. The molecule has 0 radical (unpaired) electrons. The van der Waals surface area contributed by atoms with Crippen molar-refractivity contribution in [1.82, 2.24) is 20.1 Å². The van der Waals surface area contributed by atoms with Crippen LogP contribution in [-0.4, -0.2) is 47.9 Å². The number of hydrogen-bond donors (Lipinski definition) is 1. The highest BCUT2D eigenvalue weighted by molar-refractivity contribution is 14.1. The molecule has 2 aromatic carbocycles. The summed E-state index contributed by atoms with van der Waals surface area (Å²) in [5.41, 5.74) is 0.157. The monoisotopic (exact) mass is 656 g/mol. The summed E-state index contributed by atoms with van der Waals surface area (Å²) in [5.74, 6) is 0. The summed E-state index contributed by atoms with van der Waals surface area (Å²) >= 11 is 2.23. The van der Waals surface area contributed by atoms with Crippen molar-refractivity contribution in [1.29, 1.82) is 0 Å². The summed E-state index contributed by atoms with van der Waals surface area (Å²) < 4.78 is 15.5. The Morgan fingerprint density at radius 3 is 2.08 bits per heavy atom. The molecule has 206 valence electrons. The van der Waals surface area contributed by atoms with Crippen molar-refractivity contribution in [2.75, 3.05) is 13.2 Å². The summed E-state index contributed by atoms with van der Waals surface area (Å²) in [6.45, 7) is 12.9. The largest absolute Gasteiger partial charge is 0.444 e. The number of carbonyl (C=O) groups excluding carboxylic acids is 1. The highest BCUT2D eigenvalue weighted by Gasteiger charge is 2.50. The molecule has 1 atom stereocenters. The first-order chi connectivity index (χ1) is 18.4. The van der Waals surface area contributed by atoms with E-state index in [1.165, 1.54) is 10.4 Å². The molecular formula is C30H37IN4O3Si. The second kappa shape index (κ2) is 11.8. The van der Waals surface area contributed by atoms with Gasteiger partial charge < -0.3 is 14.5 Å². The molecule has 39 heavy (non-hydrogen) atoms. The number of nitrogens with one attached hydrogen (secondary N) is 1. The highest BCUT2D eigenvalue weighted by atomic mass is 127. The van der Waals surface area contributed by atoms with Crippen molar-refractivity contribution in [3.05, 3.63) is 82.7 Å². The molecule has 7 nitrogen and oxygen atoms in total. The van der Waals surface area contributed by atoms with Gasteiger partial charge in [0.15, 0.2) is 5.65 Å². The van der Waals surface area contributed by atoms with Crippen molar-refractivity contribution in [3.63, 3.8) is 0 Å². The fourth-order valence-corrected chi connectivity index (χ4v) is 10.2. The number of aromatic nitrogens is 3. The van der Waals surface area contributed by atoms with Crippen molar-refractivity contribution in [2.24, 2.45) is 0 Å². The average molecular weight is 657 g/mol. The van der Waals surface area contributed by atoms with Gasteiger partial charge in [-0.2, -0.15) is 5.10 Å². The van der Waals surface area contributed by atoms with Crippen LogP contribution in [0.15, 0.2) is 79.0 Å². The minimum absolute atomic E-state index is 0.183. The third-order valence-electron chi connectivity index (χ3n) is 6.56. The number of carbonyl (C=O) groups is 1. The van der Waals surface area contributed by atoms with Crippen molar-refractivity contribution in [2.45, 2.75) is 58.2 Å². The second-order valence-electron chi connectivity index (χ2n) is 11.6. The normalized spacial score (nSPS) is 13.3. The van der Waals surface area contributed by atoms with E-state index in [1.54, 1.807) is 6.20 Å². The van der Waals surface area contributed by atoms with Gasteiger partial charge in [0.25, 0.3) is 8.32 Å². The molecule has 0 aliphatic carbocycles. The summed E-state index contributed by atoms with van der Waals surface area (Å²) in [6, 6.07) is 24.7. The Morgan fingerprint density at radius 2 is 1.54 bits per heavy atom. The van der Waals surface area contributed by atoms with E-state index in [1.807, 2.05) is 49.7 Å². The lowest BCUT2D eigenvalue weighted by molar-refractivity contribution is 0.0514. The van der Waals surface area contributed by atoms with E-state index in [0.29, 0.717) is 6.61 Å². The molecule has 0 aliphatic heterocycles. The van der Waals surface area contributed by atoms with Crippen LogP contribution in [-0.2, 0) is 9.16 Å². The molecule has 1 N–H and O–H groups in total. The second-order valence-corrected chi connectivity index (χ2v) is 16.9. The van der Waals surface area contributed by atoms with E-state index >= 15 is 0 Å². The number of benzene rings is 2. The molecule has 0 saturated heterocycles. The molecule has 0 fully saturated rings. The molecule has 1 unspecified atom stereocenters. The van der Waals surface area contributed by atoms with Crippen LogP contribution >= 0.6 is 22.6 Å². The molecule has 1 amide bonds. The minimum atomic E-state index is -2.81. The Kier molecular flexibility index (Phi) is 8.82. The number of pyridine rings is 1. The van der Waals surface area contributed by atoms with Crippen molar-refractivity contribution >= 4 is 58.4 Å². The van der Waals surface area contributed by atoms with Gasteiger partial charge in [-0.05, 0) is 70.9 Å². The molecule has 4 aromatic rings. The van der Waals surface area contributed by atoms with E-state index in [-0.39, 0.29) is 17.6 Å². The van der Waals surface area contributed by atoms with E-state index < -0.39 is 20.0 Å². The number of alkyl carbamates (subject to hydrolysis) is 1. The zero-order chi connectivity index (χ0) is 28.3. The van der Waals surface area contributed by atoms with Crippen LogP contribution in [0, 0.1) is 3.70 Å². The first kappa shape index (κ1) is 29.2. The predicted molar refractivity (Wildman–Crippen MR) is 167 cm³/mol. The summed E-state index contributed by atoms with van der Waals surface area (Å²) in [5, 5.41) is 11.0. The smallest absolute Gasteiger partial charge is 0.407 e. The standard InChI is InChI=1S/C30H37IN4O3Si/c1-29(2,3)38-28(36)33-20-22(35-27-25(26(31)34-35)18-13-19-32-27)21-37-39(30(4,5)6,23-14-9-7-10-15-23)24-16-11-8-12-17-24/h7-19,22H,20-21H2,1-6H3,(H,33,36). The Balaban J connectivity index is 1.76. The Hall–Kier alpha value is -2.76. The van der Waals surface area contributed by atoms with Crippen molar-refractivity contribution in [3.8, 4) is 0 Å². The summed E-state index contributed by atoms with van der Waals surface area (Å²) in [6.07, 6.45) is 1.29. The number of fused-ring (bicyclic) bond motifs is 1. The molecule has 2 heterocycles. The lowest BCUT2D eigenvalue weighted by atomic mass is 10.2. The fraction of sp³-hybridized carbons (Fsp3) is 0.367. The van der Waals surface area contributed by atoms with Gasteiger partial charge in [0, 0.05) is 12.7 Å². The third-order valence-corrected chi connectivity index (χ3v) is 12.4. The number of hydrogen-bond acceptors (Lipinski definition) is 5. The van der Waals surface area contributed by atoms with Crippen molar-refractivity contribution < 1.29 is 14.0 Å². The molecular weight excluding hydrogens is 619 g/mol. The maximum atomic E-state index is 12.7. The van der Waals surface area contributed by atoms with Crippen LogP contribution in [0.3, 0.4) is 0 Å². The number of amides is 1. The van der Waals surface area contributed by atoms with Gasteiger partial charge >= 0.3 is 6.09 Å². The first-order valence-electron chi connectivity index (χ1n) is 13.1. The Labute approximate surface area is 245 Å². The fourth-order valence-electron chi connectivity index (χ4n) is 4.91. The zero-order valence-electron chi connectivity index (χ0n) is 23.4. The van der Waals surface area contributed by atoms with Crippen LogP contribution < -0.4 is 15.7 Å². The highest BCUT2D eigenvalue weighted by Crippen LogP contribution is 2.37. The minimum Gasteiger partial charge on any atom is -0.444 e. The number of halogens is 1.